The first kappa shape index (κ1) is 17.3. The summed E-state index contributed by atoms with van der Waals surface area (Å²) in [5.74, 6) is 1.10. The fourth-order valence-corrected chi connectivity index (χ4v) is 3.76. The predicted molar refractivity (Wildman–Crippen MR) is 110 cm³/mol. The topological polar surface area (TPSA) is 19.4 Å². The van der Waals surface area contributed by atoms with Crippen LogP contribution in [0, 0.1) is 13.8 Å². The van der Waals surface area contributed by atoms with Crippen molar-refractivity contribution in [3.8, 4) is 0 Å². The van der Waals surface area contributed by atoms with Gasteiger partial charge in [-0.05, 0) is 55.3 Å². The molecule has 0 saturated carbocycles. The van der Waals surface area contributed by atoms with Crippen molar-refractivity contribution in [3.63, 3.8) is 0 Å². The summed E-state index contributed by atoms with van der Waals surface area (Å²) in [4.78, 5) is 9.82. The molecule has 2 heterocycles. The van der Waals surface area contributed by atoms with Crippen molar-refractivity contribution in [1.29, 1.82) is 0 Å². The van der Waals surface area contributed by atoms with E-state index in [1.54, 1.807) is 0 Å². The zero-order valence-electron chi connectivity index (χ0n) is 15.4. The zero-order valence-corrected chi connectivity index (χ0v) is 16.1. The van der Waals surface area contributed by atoms with Gasteiger partial charge in [0.1, 0.15) is 5.82 Å². The summed E-state index contributed by atoms with van der Waals surface area (Å²) in [6, 6.07) is 16.9. The summed E-state index contributed by atoms with van der Waals surface area (Å²) in [5.41, 5.74) is 5.00. The lowest BCUT2D eigenvalue weighted by molar-refractivity contribution is 0.249. The fraction of sp³-hybridized carbons (Fsp3) is 0.318. The molecule has 1 saturated heterocycles. The number of halogens is 1. The van der Waals surface area contributed by atoms with Crippen LogP contribution in [0.25, 0.3) is 10.9 Å². The predicted octanol–water partition coefficient (Wildman–Crippen LogP) is 4.83. The zero-order chi connectivity index (χ0) is 18.1. The van der Waals surface area contributed by atoms with Gasteiger partial charge in [0, 0.05) is 43.1 Å². The standard InChI is InChI=1S/C22H24ClN3/c1-16-3-8-21-20(13-16)17(2)14-22(24-21)26-11-9-25(10-12-26)15-18-4-6-19(23)7-5-18/h3-8,13-14H,9-12,15H2,1-2H3. The molecule has 0 unspecified atom stereocenters. The van der Waals surface area contributed by atoms with Gasteiger partial charge in [-0.15, -0.1) is 0 Å². The van der Waals surface area contributed by atoms with E-state index < -0.39 is 0 Å². The number of hydrogen-bond donors (Lipinski definition) is 0. The quantitative estimate of drug-likeness (QED) is 0.662. The van der Waals surface area contributed by atoms with Gasteiger partial charge in [0.2, 0.25) is 0 Å². The third-order valence-corrected chi connectivity index (χ3v) is 5.43. The fourth-order valence-electron chi connectivity index (χ4n) is 3.64. The molecule has 134 valence electrons. The highest BCUT2D eigenvalue weighted by Crippen LogP contribution is 2.24. The first-order chi connectivity index (χ1) is 12.6. The van der Waals surface area contributed by atoms with Crippen molar-refractivity contribution >= 4 is 28.3 Å². The van der Waals surface area contributed by atoms with Crippen molar-refractivity contribution < 1.29 is 0 Å². The molecule has 0 radical (unpaired) electrons. The summed E-state index contributed by atoms with van der Waals surface area (Å²) in [7, 11) is 0. The molecular weight excluding hydrogens is 342 g/mol. The molecule has 3 nitrogen and oxygen atoms in total. The van der Waals surface area contributed by atoms with E-state index in [0.717, 1.165) is 49.1 Å². The molecule has 26 heavy (non-hydrogen) atoms. The molecule has 1 aliphatic rings. The maximum Gasteiger partial charge on any atom is 0.129 e. The van der Waals surface area contributed by atoms with Crippen molar-refractivity contribution in [3.05, 3.63) is 70.2 Å². The van der Waals surface area contributed by atoms with Crippen LogP contribution in [0.2, 0.25) is 5.02 Å². The van der Waals surface area contributed by atoms with Gasteiger partial charge < -0.3 is 4.90 Å². The van der Waals surface area contributed by atoms with Gasteiger partial charge in [-0.2, -0.15) is 0 Å². The summed E-state index contributed by atoms with van der Waals surface area (Å²) in [6.07, 6.45) is 0. The second-order valence-corrected chi connectivity index (χ2v) is 7.64. The normalized spacial score (nSPS) is 15.6. The second-order valence-electron chi connectivity index (χ2n) is 7.21. The number of nitrogens with zero attached hydrogens (tertiary/aromatic N) is 3. The lowest BCUT2D eigenvalue weighted by atomic mass is 10.1. The Morgan fingerprint density at radius 3 is 2.38 bits per heavy atom. The molecule has 0 bridgehead atoms. The number of aryl methyl sites for hydroxylation is 2. The van der Waals surface area contributed by atoms with Crippen molar-refractivity contribution in [2.45, 2.75) is 20.4 Å². The van der Waals surface area contributed by atoms with Crippen LogP contribution in [-0.2, 0) is 6.54 Å². The number of pyridine rings is 1. The van der Waals surface area contributed by atoms with Gasteiger partial charge in [0.15, 0.2) is 0 Å². The van der Waals surface area contributed by atoms with Gasteiger partial charge in [-0.1, -0.05) is 35.4 Å². The molecule has 1 aliphatic heterocycles. The van der Waals surface area contributed by atoms with Crippen LogP contribution in [0.5, 0.6) is 0 Å². The lowest BCUT2D eigenvalue weighted by Gasteiger charge is -2.35. The Kier molecular flexibility index (Phi) is 4.84. The van der Waals surface area contributed by atoms with Crippen molar-refractivity contribution in [2.75, 3.05) is 31.1 Å². The van der Waals surface area contributed by atoms with Crippen molar-refractivity contribution in [1.82, 2.24) is 9.88 Å². The van der Waals surface area contributed by atoms with Gasteiger partial charge in [-0.3, -0.25) is 4.90 Å². The molecule has 0 aliphatic carbocycles. The first-order valence-electron chi connectivity index (χ1n) is 9.18. The summed E-state index contributed by atoms with van der Waals surface area (Å²) >= 11 is 5.98. The van der Waals surface area contributed by atoms with Crippen LogP contribution in [0.15, 0.2) is 48.5 Å². The summed E-state index contributed by atoms with van der Waals surface area (Å²) in [6.45, 7) is 9.42. The van der Waals surface area contributed by atoms with E-state index in [-0.39, 0.29) is 0 Å². The highest BCUT2D eigenvalue weighted by molar-refractivity contribution is 6.30. The van der Waals surface area contributed by atoms with Crippen LogP contribution in [-0.4, -0.2) is 36.1 Å². The summed E-state index contributed by atoms with van der Waals surface area (Å²) < 4.78 is 0. The van der Waals surface area contributed by atoms with Crippen LogP contribution >= 0.6 is 11.6 Å². The van der Waals surface area contributed by atoms with Crippen molar-refractivity contribution in [2.24, 2.45) is 0 Å². The molecule has 4 rings (SSSR count). The second kappa shape index (κ2) is 7.26. The highest BCUT2D eigenvalue weighted by atomic mass is 35.5. The number of benzene rings is 2. The molecule has 1 fully saturated rings. The van der Waals surface area contributed by atoms with Gasteiger partial charge in [0.05, 0.1) is 5.52 Å². The molecule has 4 heteroatoms. The average molecular weight is 366 g/mol. The molecule has 0 spiro atoms. The lowest BCUT2D eigenvalue weighted by Crippen LogP contribution is -2.46. The maximum atomic E-state index is 5.98. The molecular formula is C22H24ClN3. The number of hydrogen-bond acceptors (Lipinski definition) is 3. The minimum absolute atomic E-state index is 0.798. The Morgan fingerprint density at radius 1 is 0.923 bits per heavy atom. The van der Waals surface area contributed by atoms with Gasteiger partial charge >= 0.3 is 0 Å². The third-order valence-electron chi connectivity index (χ3n) is 5.17. The molecule has 0 N–H and O–H groups in total. The molecule has 3 aromatic rings. The summed E-state index contributed by atoms with van der Waals surface area (Å²) in [5, 5.41) is 2.06. The smallest absolute Gasteiger partial charge is 0.129 e. The molecule has 0 atom stereocenters. The molecule has 2 aromatic carbocycles. The van der Waals surface area contributed by atoms with E-state index in [4.69, 9.17) is 16.6 Å². The number of fused-ring (bicyclic) bond motifs is 1. The van der Waals surface area contributed by atoms with E-state index in [1.807, 2.05) is 12.1 Å². The van der Waals surface area contributed by atoms with E-state index >= 15 is 0 Å². The Labute approximate surface area is 160 Å². The molecule has 0 amide bonds. The number of anilines is 1. The average Bonchev–Trinajstić information content (AvgIpc) is 2.65. The third kappa shape index (κ3) is 3.69. The van der Waals surface area contributed by atoms with E-state index in [0.29, 0.717) is 0 Å². The molecule has 1 aromatic heterocycles. The Morgan fingerprint density at radius 2 is 1.65 bits per heavy atom. The minimum atomic E-state index is 0.798. The number of rotatable bonds is 3. The largest absolute Gasteiger partial charge is 0.354 e. The maximum absolute atomic E-state index is 5.98. The van der Waals surface area contributed by atoms with Gasteiger partial charge in [-0.25, -0.2) is 4.98 Å². The van der Waals surface area contributed by atoms with Crippen LogP contribution < -0.4 is 4.90 Å². The van der Waals surface area contributed by atoms with Crippen LogP contribution in [0.3, 0.4) is 0 Å². The van der Waals surface area contributed by atoms with E-state index in [2.05, 4.69) is 60.0 Å². The van der Waals surface area contributed by atoms with Gasteiger partial charge in [0.25, 0.3) is 0 Å². The highest BCUT2D eigenvalue weighted by Gasteiger charge is 2.19. The van der Waals surface area contributed by atoms with E-state index in [1.165, 1.54) is 22.1 Å². The Bertz CT molecular complexity index is 913. The SMILES string of the molecule is Cc1ccc2nc(N3CCN(Cc4ccc(Cl)cc4)CC3)cc(C)c2c1. The Balaban J connectivity index is 1.45. The number of aromatic nitrogens is 1. The minimum Gasteiger partial charge on any atom is -0.354 e. The van der Waals surface area contributed by atoms with E-state index in [9.17, 15) is 0 Å². The first-order valence-corrected chi connectivity index (χ1v) is 9.56. The Hall–Kier alpha value is -2.10. The number of piperazine rings is 1. The van der Waals surface area contributed by atoms with Crippen LogP contribution in [0.1, 0.15) is 16.7 Å². The van der Waals surface area contributed by atoms with Crippen LogP contribution in [0.4, 0.5) is 5.82 Å². The monoisotopic (exact) mass is 365 g/mol.